The zero-order chi connectivity index (χ0) is 16.4. The number of aryl methyl sites for hydroxylation is 2. The number of pyridine rings is 1. The van der Waals surface area contributed by atoms with Gasteiger partial charge in [0, 0.05) is 28.9 Å². The monoisotopic (exact) mass is 341 g/mol. The van der Waals surface area contributed by atoms with E-state index in [1.807, 2.05) is 26.1 Å². The third kappa shape index (κ3) is 2.13. The lowest BCUT2D eigenvalue weighted by Gasteiger charge is -2.27. The van der Waals surface area contributed by atoms with Gasteiger partial charge >= 0.3 is 0 Å². The molecule has 1 saturated carbocycles. The van der Waals surface area contributed by atoms with Crippen LogP contribution in [0.5, 0.6) is 0 Å². The number of carbonyl (C=O) groups is 1. The SMILES string of the molecule is Cc1cc([C@H]2[C@H]3O[C@H]([C@@H]4C[C@@H]43)[C@@H]2C(=O)Nc2ncc(C)s2)ccn1. The van der Waals surface area contributed by atoms with E-state index in [2.05, 4.69) is 21.4 Å². The lowest BCUT2D eigenvalue weighted by molar-refractivity contribution is -0.122. The molecule has 0 spiro atoms. The van der Waals surface area contributed by atoms with Crippen molar-refractivity contribution in [2.45, 2.75) is 38.4 Å². The van der Waals surface area contributed by atoms with Crippen molar-refractivity contribution in [1.29, 1.82) is 0 Å². The molecular formula is C18H19N3O2S. The number of nitrogens with zero attached hydrogens (tertiary/aromatic N) is 2. The molecule has 6 heteroatoms. The second-order valence-electron chi connectivity index (χ2n) is 7.18. The minimum Gasteiger partial charge on any atom is -0.373 e. The summed E-state index contributed by atoms with van der Waals surface area (Å²) in [5.41, 5.74) is 2.16. The molecule has 1 aliphatic carbocycles. The van der Waals surface area contributed by atoms with Crippen molar-refractivity contribution in [3.63, 3.8) is 0 Å². The van der Waals surface area contributed by atoms with E-state index in [4.69, 9.17) is 4.74 Å². The fourth-order valence-corrected chi connectivity index (χ4v) is 5.24. The maximum absolute atomic E-state index is 13.0. The molecule has 2 saturated heterocycles. The number of rotatable bonds is 3. The lowest BCUT2D eigenvalue weighted by atomic mass is 9.75. The molecule has 0 unspecified atom stereocenters. The Bertz CT molecular complexity index is 820. The van der Waals surface area contributed by atoms with Crippen LogP contribution < -0.4 is 5.32 Å². The number of ether oxygens (including phenoxy) is 1. The molecule has 3 fully saturated rings. The van der Waals surface area contributed by atoms with Crippen LogP contribution in [0.4, 0.5) is 5.13 Å². The Labute approximate surface area is 144 Å². The van der Waals surface area contributed by atoms with Gasteiger partial charge in [-0.05, 0) is 49.8 Å². The summed E-state index contributed by atoms with van der Waals surface area (Å²) in [4.78, 5) is 22.7. The van der Waals surface area contributed by atoms with Gasteiger partial charge in [-0.15, -0.1) is 11.3 Å². The van der Waals surface area contributed by atoms with Crippen LogP contribution in [0.1, 0.15) is 28.5 Å². The molecule has 5 nitrogen and oxygen atoms in total. The van der Waals surface area contributed by atoms with Crippen molar-refractivity contribution >= 4 is 22.4 Å². The van der Waals surface area contributed by atoms with E-state index in [0.717, 1.165) is 10.6 Å². The van der Waals surface area contributed by atoms with Gasteiger partial charge in [0.15, 0.2) is 5.13 Å². The van der Waals surface area contributed by atoms with Gasteiger partial charge in [-0.3, -0.25) is 9.78 Å². The molecule has 2 bridgehead atoms. The Morgan fingerprint density at radius 3 is 2.88 bits per heavy atom. The van der Waals surface area contributed by atoms with Crippen molar-refractivity contribution in [3.8, 4) is 0 Å². The second-order valence-corrected chi connectivity index (χ2v) is 8.41. The first-order valence-corrected chi connectivity index (χ1v) is 9.25. The topological polar surface area (TPSA) is 64.1 Å². The number of anilines is 1. The van der Waals surface area contributed by atoms with Gasteiger partial charge < -0.3 is 10.1 Å². The third-order valence-electron chi connectivity index (χ3n) is 5.60. The molecule has 2 aromatic heterocycles. The van der Waals surface area contributed by atoms with Gasteiger partial charge in [0.2, 0.25) is 5.91 Å². The van der Waals surface area contributed by atoms with E-state index in [-0.39, 0.29) is 30.0 Å². The van der Waals surface area contributed by atoms with Gasteiger partial charge in [0.25, 0.3) is 0 Å². The van der Waals surface area contributed by atoms with Crippen LogP contribution in [0.3, 0.4) is 0 Å². The molecule has 1 amide bonds. The summed E-state index contributed by atoms with van der Waals surface area (Å²) in [6.45, 7) is 3.98. The lowest BCUT2D eigenvalue weighted by Crippen LogP contribution is -2.37. The predicted octanol–water partition coefficient (Wildman–Crippen LogP) is 2.91. The summed E-state index contributed by atoms with van der Waals surface area (Å²) < 4.78 is 6.22. The molecule has 0 radical (unpaired) electrons. The van der Waals surface area contributed by atoms with Crippen molar-refractivity contribution in [2.24, 2.45) is 17.8 Å². The zero-order valence-electron chi connectivity index (χ0n) is 13.6. The summed E-state index contributed by atoms with van der Waals surface area (Å²) in [6.07, 6.45) is 5.06. The Morgan fingerprint density at radius 2 is 2.12 bits per heavy atom. The van der Waals surface area contributed by atoms with Crippen LogP contribution in [0, 0.1) is 31.6 Å². The van der Waals surface area contributed by atoms with Crippen molar-refractivity contribution in [2.75, 3.05) is 5.32 Å². The van der Waals surface area contributed by atoms with Crippen LogP contribution in [0.25, 0.3) is 0 Å². The summed E-state index contributed by atoms with van der Waals surface area (Å²) in [5.74, 6) is 1.25. The number of hydrogen-bond acceptors (Lipinski definition) is 5. The highest BCUT2D eigenvalue weighted by Crippen LogP contribution is 2.65. The molecule has 5 rings (SSSR count). The van der Waals surface area contributed by atoms with Crippen molar-refractivity contribution in [3.05, 3.63) is 40.7 Å². The van der Waals surface area contributed by atoms with Gasteiger partial charge in [-0.2, -0.15) is 0 Å². The third-order valence-corrected chi connectivity index (χ3v) is 6.43. The van der Waals surface area contributed by atoms with E-state index in [1.54, 1.807) is 6.20 Å². The predicted molar refractivity (Wildman–Crippen MR) is 90.9 cm³/mol. The molecule has 1 N–H and O–H groups in total. The molecule has 124 valence electrons. The fourth-order valence-electron chi connectivity index (χ4n) is 4.57. The highest BCUT2D eigenvalue weighted by atomic mass is 32.1. The largest absolute Gasteiger partial charge is 0.373 e. The second kappa shape index (κ2) is 5.10. The number of thiazole rings is 1. The molecule has 2 aromatic rings. The Morgan fingerprint density at radius 1 is 1.29 bits per heavy atom. The molecule has 0 aromatic carbocycles. The first-order valence-electron chi connectivity index (χ1n) is 8.43. The van der Waals surface area contributed by atoms with Crippen LogP contribution in [-0.2, 0) is 9.53 Å². The summed E-state index contributed by atoms with van der Waals surface area (Å²) in [7, 11) is 0. The van der Waals surface area contributed by atoms with Gasteiger partial charge in [0.05, 0.1) is 18.1 Å². The highest BCUT2D eigenvalue weighted by Gasteiger charge is 2.68. The first-order chi connectivity index (χ1) is 11.6. The maximum Gasteiger partial charge on any atom is 0.232 e. The van der Waals surface area contributed by atoms with Crippen LogP contribution in [0.2, 0.25) is 0 Å². The minimum atomic E-state index is -0.134. The highest BCUT2D eigenvalue weighted by molar-refractivity contribution is 7.15. The average Bonchev–Trinajstić information content (AvgIpc) is 2.94. The smallest absolute Gasteiger partial charge is 0.232 e. The zero-order valence-corrected chi connectivity index (χ0v) is 14.4. The first kappa shape index (κ1) is 14.5. The van der Waals surface area contributed by atoms with Gasteiger partial charge in [-0.1, -0.05) is 0 Å². The summed E-state index contributed by atoms with van der Waals surface area (Å²) in [5, 5.41) is 3.69. The van der Waals surface area contributed by atoms with E-state index in [9.17, 15) is 4.79 Å². The molecule has 2 aliphatic heterocycles. The van der Waals surface area contributed by atoms with E-state index in [0.29, 0.717) is 17.0 Å². The maximum atomic E-state index is 13.0. The number of nitrogens with one attached hydrogen (secondary N) is 1. The average molecular weight is 341 g/mol. The van der Waals surface area contributed by atoms with Gasteiger partial charge in [0.1, 0.15) is 0 Å². The van der Waals surface area contributed by atoms with Crippen LogP contribution >= 0.6 is 11.3 Å². The number of amides is 1. The molecule has 24 heavy (non-hydrogen) atoms. The van der Waals surface area contributed by atoms with Crippen LogP contribution in [-0.4, -0.2) is 28.1 Å². The number of fused-ring (bicyclic) bond motifs is 5. The van der Waals surface area contributed by atoms with Crippen LogP contribution in [0.15, 0.2) is 24.5 Å². The van der Waals surface area contributed by atoms with Crippen molar-refractivity contribution in [1.82, 2.24) is 9.97 Å². The number of aromatic nitrogens is 2. The number of hydrogen-bond donors (Lipinski definition) is 1. The molecule has 4 heterocycles. The van der Waals surface area contributed by atoms with E-state index < -0.39 is 0 Å². The summed E-state index contributed by atoms with van der Waals surface area (Å²) >= 11 is 1.51. The number of carbonyl (C=O) groups excluding carboxylic acids is 1. The fraction of sp³-hybridized carbons (Fsp3) is 0.500. The van der Waals surface area contributed by atoms with Gasteiger partial charge in [-0.25, -0.2) is 4.98 Å². The summed E-state index contributed by atoms with van der Waals surface area (Å²) in [6, 6.07) is 4.13. The quantitative estimate of drug-likeness (QED) is 0.932. The van der Waals surface area contributed by atoms with E-state index in [1.165, 1.54) is 23.3 Å². The minimum absolute atomic E-state index is 0.0432. The molecular weight excluding hydrogens is 322 g/mol. The molecule has 6 atom stereocenters. The van der Waals surface area contributed by atoms with E-state index >= 15 is 0 Å². The Balaban J connectivity index is 1.47. The van der Waals surface area contributed by atoms with Crippen molar-refractivity contribution < 1.29 is 9.53 Å². The Hall–Kier alpha value is -1.79. The Kier molecular flexibility index (Phi) is 3.09. The molecule has 3 aliphatic rings. The normalized spacial score (nSPS) is 35.8. The standard InChI is InChI=1S/C18H19N3O2S/c1-8-5-10(3-4-19-8)13-14(16-12-6-11(12)15(13)23-16)17(22)21-18-20-7-9(2)24-18/h3-5,7,11-16H,6H2,1-2H3,(H,20,21,22)/t11-,12+,13+,14+,15-,16+/m0/s1.